The van der Waals surface area contributed by atoms with E-state index >= 15 is 0 Å². The number of benzene rings is 3. The number of aromatic nitrogens is 1. The first-order valence-electron chi connectivity index (χ1n) is 10.8. The van der Waals surface area contributed by atoms with Gasteiger partial charge in [-0.25, -0.2) is 4.57 Å². The van der Waals surface area contributed by atoms with Gasteiger partial charge in [-0.15, -0.1) is 0 Å². The van der Waals surface area contributed by atoms with Crippen molar-refractivity contribution in [1.29, 1.82) is 0 Å². The third-order valence-electron chi connectivity index (χ3n) is 6.62. The Morgan fingerprint density at radius 1 is 0.806 bits per heavy atom. The zero-order valence-corrected chi connectivity index (χ0v) is 18.1. The number of para-hydroxylation sites is 1. The molecule has 0 aliphatic carbocycles. The van der Waals surface area contributed by atoms with Crippen LogP contribution in [0.2, 0.25) is 0 Å². The van der Waals surface area contributed by atoms with Gasteiger partial charge in [-0.1, -0.05) is 48.5 Å². The minimum atomic E-state index is 0.967. The van der Waals surface area contributed by atoms with Crippen LogP contribution >= 0.6 is 0 Å². The molecule has 0 spiro atoms. The molecule has 5 aromatic rings. The first kappa shape index (κ1) is 18.3. The second-order valence-electron chi connectivity index (χ2n) is 8.73. The Bertz CT molecular complexity index is 1480. The molecule has 2 aromatic heterocycles. The fraction of sp³-hybridized carbons (Fsp3) is 0.179. The van der Waals surface area contributed by atoms with Crippen LogP contribution < -0.4 is 4.57 Å². The standard InChI is InChI=1S/C28H25N2O/c1-18-13-14-23-22-11-7-10-21(20-9-6-8-19-16-29(2)17-24(19)20)27(22)31-28(23)26(18)25-12-4-5-15-30(25)3/h4-15H,16-17H2,1-3H3/q+1. The van der Waals surface area contributed by atoms with Gasteiger partial charge in [0, 0.05) is 41.6 Å². The van der Waals surface area contributed by atoms with Crippen LogP contribution in [0.3, 0.4) is 0 Å². The molecule has 0 radical (unpaired) electrons. The summed E-state index contributed by atoms with van der Waals surface area (Å²) in [6, 6.07) is 23.9. The molecule has 0 atom stereocenters. The highest BCUT2D eigenvalue weighted by molar-refractivity contribution is 6.13. The van der Waals surface area contributed by atoms with E-state index in [0.29, 0.717) is 0 Å². The molecular formula is C28H25N2O+. The Labute approximate surface area is 182 Å². The SMILES string of the molecule is Cc1ccc2c(oc3c(-c4cccc5c4CN(C)C5)cccc32)c1-c1cccc[n+]1C. The van der Waals surface area contributed by atoms with Crippen molar-refractivity contribution in [2.75, 3.05) is 7.05 Å². The average Bonchev–Trinajstić information content (AvgIpc) is 3.33. The summed E-state index contributed by atoms with van der Waals surface area (Å²) >= 11 is 0. The van der Waals surface area contributed by atoms with Gasteiger partial charge in [0.25, 0.3) is 0 Å². The van der Waals surface area contributed by atoms with Crippen molar-refractivity contribution < 1.29 is 8.98 Å². The Morgan fingerprint density at radius 2 is 1.61 bits per heavy atom. The maximum Gasteiger partial charge on any atom is 0.216 e. The molecule has 0 fully saturated rings. The maximum atomic E-state index is 6.72. The fourth-order valence-electron chi connectivity index (χ4n) is 5.11. The van der Waals surface area contributed by atoms with Crippen molar-refractivity contribution in [2.24, 2.45) is 7.05 Å². The molecule has 31 heavy (non-hydrogen) atoms. The molecule has 3 heterocycles. The lowest BCUT2D eigenvalue weighted by atomic mass is 9.95. The molecule has 152 valence electrons. The predicted molar refractivity (Wildman–Crippen MR) is 126 cm³/mol. The van der Waals surface area contributed by atoms with Gasteiger partial charge in [-0.2, -0.15) is 0 Å². The van der Waals surface area contributed by atoms with Crippen LogP contribution in [-0.2, 0) is 20.1 Å². The summed E-state index contributed by atoms with van der Waals surface area (Å²) in [5.41, 5.74) is 10.8. The van der Waals surface area contributed by atoms with Crippen LogP contribution in [0.4, 0.5) is 0 Å². The van der Waals surface area contributed by atoms with E-state index in [1.165, 1.54) is 44.2 Å². The third-order valence-corrected chi connectivity index (χ3v) is 6.62. The van der Waals surface area contributed by atoms with Gasteiger partial charge in [0.15, 0.2) is 6.20 Å². The molecule has 1 aliphatic heterocycles. The summed E-state index contributed by atoms with van der Waals surface area (Å²) in [7, 11) is 4.27. The van der Waals surface area contributed by atoms with Crippen molar-refractivity contribution in [2.45, 2.75) is 20.0 Å². The second kappa shape index (κ2) is 6.79. The molecular weight excluding hydrogens is 380 g/mol. The van der Waals surface area contributed by atoms with Gasteiger partial charge in [0.1, 0.15) is 18.2 Å². The Balaban J connectivity index is 1.67. The summed E-state index contributed by atoms with van der Waals surface area (Å²) in [5.74, 6) is 0. The van der Waals surface area contributed by atoms with Crippen molar-refractivity contribution >= 4 is 21.9 Å². The van der Waals surface area contributed by atoms with Crippen LogP contribution in [0.5, 0.6) is 0 Å². The minimum absolute atomic E-state index is 0.967. The summed E-state index contributed by atoms with van der Waals surface area (Å²) in [6.45, 7) is 4.15. The number of aryl methyl sites for hydroxylation is 2. The van der Waals surface area contributed by atoms with Gasteiger partial charge >= 0.3 is 0 Å². The smallest absolute Gasteiger partial charge is 0.216 e. The lowest BCUT2D eigenvalue weighted by Crippen LogP contribution is -2.30. The van der Waals surface area contributed by atoms with Crippen LogP contribution in [-0.4, -0.2) is 11.9 Å². The number of fused-ring (bicyclic) bond motifs is 4. The minimum Gasteiger partial charge on any atom is -0.454 e. The Kier molecular flexibility index (Phi) is 4.02. The predicted octanol–water partition coefficient (Wildman–Crippen LogP) is 6.00. The third kappa shape index (κ3) is 2.74. The number of rotatable bonds is 2. The molecule has 0 amide bonds. The quantitative estimate of drug-likeness (QED) is 0.336. The molecule has 6 rings (SSSR count). The van der Waals surface area contributed by atoms with Gasteiger partial charge in [0.05, 0.1) is 5.56 Å². The molecule has 3 heteroatoms. The molecule has 0 N–H and O–H groups in total. The topological polar surface area (TPSA) is 20.3 Å². The summed E-state index contributed by atoms with van der Waals surface area (Å²) in [6.07, 6.45) is 2.09. The van der Waals surface area contributed by atoms with Crippen molar-refractivity contribution in [3.63, 3.8) is 0 Å². The highest BCUT2D eigenvalue weighted by Crippen LogP contribution is 2.42. The van der Waals surface area contributed by atoms with E-state index in [4.69, 9.17) is 4.42 Å². The molecule has 0 saturated carbocycles. The fourth-order valence-corrected chi connectivity index (χ4v) is 5.11. The molecule has 0 bridgehead atoms. The molecule has 0 unspecified atom stereocenters. The molecule has 3 aromatic carbocycles. The van der Waals surface area contributed by atoms with E-state index in [2.05, 4.69) is 103 Å². The van der Waals surface area contributed by atoms with Gasteiger partial charge in [0.2, 0.25) is 5.69 Å². The van der Waals surface area contributed by atoms with Gasteiger partial charge in [-0.3, -0.25) is 4.90 Å². The highest BCUT2D eigenvalue weighted by Gasteiger charge is 2.24. The van der Waals surface area contributed by atoms with E-state index < -0.39 is 0 Å². The van der Waals surface area contributed by atoms with E-state index in [0.717, 1.165) is 29.9 Å². The van der Waals surface area contributed by atoms with Crippen molar-refractivity contribution in [3.8, 4) is 22.4 Å². The largest absolute Gasteiger partial charge is 0.454 e. The van der Waals surface area contributed by atoms with E-state index in [1.54, 1.807) is 0 Å². The first-order valence-corrected chi connectivity index (χ1v) is 10.8. The number of hydrogen-bond acceptors (Lipinski definition) is 2. The van der Waals surface area contributed by atoms with Crippen molar-refractivity contribution in [3.05, 3.63) is 89.6 Å². The maximum absolute atomic E-state index is 6.72. The Hall–Kier alpha value is -3.43. The van der Waals surface area contributed by atoms with Crippen LogP contribution in [0.15, 0.2) is 77.3 Å². The summed E-state index contributed by atoms with van der Waals surface area (Å²) < 4.78 is 8.88. The normalized spacial score (nSPS) is 13.9. The number of furan rings is 1. The van der Waals surface area contributed by atoms with Crippen LogP contribution in [0.1, 0.15) is 16.7 Å². The molecule has 3 nitrogen and oxygen atoms in total. The van der Waals surface area contributed by atoms with Crippen molar-refractivity contribution in [1.82, 2.24) is 4.90 Å². The van der Waals surface area contributed by atoms with E-state index in [-0.39, 0.29) is 0 Å². The lowest BCUT2D eigenvalue weighted by Gasteiger charge is -2.09. The van der Waals surface area contributed by atoms with Crippen LogP contribution in [0, 0.1) is 6.92 Å². The van der Waals surface area contributed by atoms with E-state index in [9.17, 15) is 0 Å². The summed E-state index contributed by atoms with van der Waals surface area (Å²) in [4.78, 5) is 2.36. The van der Waals surface area contributed by atoms with Gasteiger partial charge < -0.3 is 4.42 Å². The van der Waals surface area contributed by atoms with E-state index in [1.807, 2.05) is 0 Å². The number of nitrogens with zero attached hydrogens (tertiary/aromatic N) is 2. The highest BCUT2D eigenvalue weighted by atomic mass is 16.3. The Morgan fingerprint density at radius 3 is 2.48 bits per heavy atom. The lowest BCUT2D eigenvalue weighted by molar-refractivity contribution is -0.660. The summed E-state index contributed by atoms with van der Waals surface area (Å²) in [5, 5.41) is 2.35. The zero-order chi connectivity index (χ0) is 21.1. The molecule has 0 saturated heterocycles. The second-order valence-corrected chi connectivity index (χ2v) is 8.73. The number of hydrogen-bond donors (Lipinski definition) is 0. The monoisotopic (exact) mass is 405 g/mol. The average molecular weight is 406 g/mol. The number of pyridine rings is 1. The van der Waals surface area contributed by atoms with Crippen LogP contribution in [0.25, 0.3) is 44.3 Å². The van der Waals surface area contributed by atoms with Gasteiger partial charge in [-0.05, 0) is 42.3 Å². The first-order chi connectivity index (χ1) is 15.1. The zero-order valence-electron chi connectivity index (χ0n) is 18.1. The molecule has 1 aliphatic rings.